The molecule has 0 bridgehead atoms. The first-order valence-corrected chi connectivity index (χ1v) is 29.0. The molecule has 0 spiro atoms. The average molecular weight is 1100 g/mol. The van der Waals surface area contributed by atoms with Gasteiger partial charge >= 0.3 is 0 Å². The Labute approximate surface area is 495 Å². The first kappa shape index (κ1) is 67.1. The van der Waals surface area contributed by atoms with E-state index in [1.54, 1.807) is 6.20 Å². The molecule has 0 aliphatic heterocycles. The Bertz CT molecular complexity index is 3000. The van der Waals surface area contributed by atoms with Crippen LogP contribution in [0.5, 0.6) is 0 Å². The summed E-state index contributed by atoms with van der Waals surface area (Å²) >= 11 is 0. The second kappa shape index (κ2) is 29.5. The van der Waals surface area contributed by atoms with Gasteiger partial charge in [-0.05, 0) is 143 Å². The van der Waals surface area contributed by atoms with Crippen molar-refractivity contribution in [2.45, 2.75) is 183 Å². The molecule has 10 aromatic rings. The standard InChI is InChI=1S/3C13H15N.C10H14.3C9H13N/c1-13(2,3)12-5-4-11-9-14-7-6-10(11)8-12;1-13(2,3)12-5-4-10-6-7-14-9-11(10)8-12;1-13(2,3)11-6-7-12-10(9-11)5-4-8-14-12;1-10(2,3)9-7-5-4-6-8-9;1-9(2,3)8-4-6-10-7-5-8;1-9(2,3)8-5-4-6-10-7-8;1-9(2,3)8-6-4-5-7-10-8/h3*4-9H,1-3H3;4-8H,1-3H3;3*4-7H,1-3H3. The van der Waals surface area contributed by atoms with Gasteiger partial charge in [-0.2, -0.15) is 0 Å². The first-order valence-electron chi connectivity index (χ1n) is 29.0. The van der Waals surface area contributed by atoms with Gasteiger partial charge in [0.2, 0.25) is 0 Å². The quantitative estimate of drug-likeness (QED) is 0.151. The topological polar surface area (TPSA) is 77.3 Å². The van der Waals surface area contributed by atoms with E-state index < -0.39 is 0 Å². The fourth-order valence-electron chi connectivity index (χ4n) is 8.05. The van der Waals surface area contributed by atoms with Crippen molar-refractivity contribution < 1.29 is 0 Å². The number of aromatic nitrogens is 6. The summed E-state index contributed by atoms with van der Waals surface area (Å²) in [6.07, 6.45) is 18.6. The molecule has 10 rings (SSSR count). The molecule has 6 nitrogen and oxygen atoms in total. The number of hydrogen-bond donors (Lipinski definition) is 0. The fourth-order valence-corrected chi connectivity index (χ4v) is 8.05. The Morgan fingerprint density at radius 3 is 1.09 bits per heavy atom. The molecule has 82 heavy (non-hydrogen) atoms. The molecule has 0 fully saturated rings. The highest BCUT2D eigenvalue weighted by Crippen LogP contribution is 2.29. The number of pyridine rings is 6. The van der Waals surface area contributed by atoms with Crippen LogP contribution in [0.1, 0.15) is 184 Å². The summed E-state index contributed by atoms with van der Waals surface area (Å²) < 4.78 is 0. The van der Waals surface area contributed by atoms with Crippen molar-refractivity contribution in [3.05, 3.63) is 253 Å². The van der Waals surface area contributed by atoms with Crippen molar-refractivity contribution >= 4 is 32.4 Å². The van der Waals surface area contributed by atoms with E-state index in [1.807, 2.05) is 86.1 Å². The number of nitrogens with zero attached hydrogens (tertiary/aromatic N) is 6. The van der Waals surface area contributed by atoms with E-state index in [2.05, 4.69) is 297 Å². The van der Waals surface area contributed by atoms with Crippen molar-refractivity contribution in [2.75, 3.05) is 0 Å². The zero-order valence-corrected chi connectivity index (χ0v) is 53.9. The maximum atomic E-state index is 4.30. The van der Waals surface area contributed by atoms with Gasteiger partial charge in [0.15, 0.2) is 0 Å². The molecule has 4 aromatic carbocycles. The van der Waals surface area contributed by atoms with Gasteiger partial charge in [-0.1, -0.05) is 230 Å². The summed E-state index contributed by atoms with van der Waals surface area (Å²) in [7, 11) is 0. The van der Waals surface area contributed by atoms with E-state index >= 15 is 0 Å². The third-order valence-corrected chi connectivity index (χ3v) is 13.6. The molecular formula is C76H98N6. The maximum Gasteiger partial charge on any atom is 0.0702 e. The van der Waals surface area contributed by atoms with Crippen LogP contribution >= 0.6 is 0 Å². The van der Waals surface area contributed by atoms with Gasteiger partial charge in [0.1, 0.15) is 0 Å². The molecule has 6 heteroatoms. The predicted molar refractivity (Wildman–Crippen MR) is 355 cm³/mol. The van der Waals surface area contributed by atoms with Gasteiger partial charge in [-0.25, -0.2) is 0 Å². The van der Waals surface area contributed by atoms with Gasteiger partial charge in [-0.15, -0.1) is 0 Å². The van der Waals surface area contributed by atoms with E-state index in [4.69, 9.17) is 0 Å². The Morgan fingerprint density at radius 2 is 0.634 bits per heavy atom. The van der Waals surface area contributed by atoms with E-state index in [0.717, 1.165) is 11.2 Å². The zero-order chi connectivity index (χ0) is 61.0. The van der Waals surface area contributed by atoms with Crippen molar-refractivity contribution in [3.63, 3.8) is 0 Å². The number of hydrogen-bond acceptors (Lipinski definition) is 6. The van der Waals surface area contributed by atoms with Crippen molar-refractivity contribution in [3.8, 4) is 0 Å². The molecule has 0 N–H and O–H groups in total. The fraction of sp³-hybridized carbons (Fsp3) is 0.368. The number of rotatable bonds is 0. The lowest BCUT2D eigenvalue weighted by atomic mass is 9.86. The zero-order valence-electron chi connectivity index (χ0n) is 53.9. The first-order chi connectivity index (χ1) is 38.1. The Hall–Kier alpha value is -7.44. The van der Waals surface area contributed by atoms with Crippen LogP contribution in [0.2, 0.25) is 0 Å². The lowest BCUT2D eigenvalue weighted by Gasteiger charge is -2.19. The Kier molecular flexibility index (Phi) is 24.1. The molecule has 432 valence electrons. The SMILES string of the molecule is CC(C)(C)c1ccc2ccncc2c1.CC(C)(C)c1ccc2cnccc2c1.CC(C)(C)c1ccc2ncccc2c1.CC(C)(C)c1ccccc1.CC(C)(C)c1ccccn1.CC(C)(C)c1cccnc1.CC(C)(C)c1ccncc1. The molecule has 6 aromatic heterocycles. The lowest BCUT2D eigenvalue weighted by molar-refractivity contribution is 0.569. The molecular weight excluding hydrogens is 997 g/mol. The maximum absolute atomic E-state index is 4.30. The van der Waals surface area contributed by atoms with E-state index in [1.165, 1.54) is 60.3 Å². The van der Waals surface area contributed by atoms with Crippen molar-refractivity contribution in [2.24, 2.45) is 0 Å². The van der Waals surface area contributed by atoms with Gasteiger partial charge < -0.3 is 0 Å². The summed E-state index contributed by atoms with van der Waals surface area (Å²) in [6, 6.07) is 52.6. The Balaban J connectivity index is 0.000000207. The monoisotopic (exact) mass is 1090 g/mol. The van der Waals surface area contributed by atoms with Gasteiger partial charge in [-0.3, -0.25) is 29.9 Å². The Morgan fingerprint density at radius 1 is 0.220 bits per heavy atom. The third-order valence-electron chi connectivity index (χ3n) is 13.6. The minimum Gasteiger partial charge on any atom is -0.265 e. The van der Waals surface area contributed by atoms with Crippen LogP contribution in [0.3, 0.4) is 0 Å². The highest BCUT2D eigenvalue weighted by molar-refractivity contribution is 5.83. The van der Waals surface area contributed by atoms with E-state index in [9.17, 15) is 0 Å². The van der Waals surface area contributed by atoms with Gasteiger partial charge in [0.25, 0.3) is 0 Å². The average Bonchev–Trinajstić information content (AvgIpc) is 3.45. The van der Waals surface area contributed by atoms with Crippen LogP contribution in [0.4, 0.5) is 0 Å². The number of benzene rings is 4. The van der Waals surface area contributed by atoms with Crippen LogP contribution in [-0.2, 0) is 37.9 Å². The van der Waals surface area contributed by atoms with Crippen LogP contribution in [-0.4, -0.2) is 29.9 Å². The summed E-state index contributed by atoms with van der Waals surface area (Å²) in [6.45, 7) is 46.4. The summed E-state index contributed by atoms with van der Waals surface area (Å²) in [5.74, 6) is 0. The molecule has 0 radical (unpaired) electrons. The highest BCUT2D eigenvalue weighted by Gasteiger charge is 2.17. The molecule has 6 heterocycles. The molecule has 0 unspecified atom stereocenters. The molecule has 0 amide bonds. The normalized spacial score (nSPS) is 11.7. The van der Waals surface area contributed by atoms with Crippen molar-refractivity contribution in [1.82, 2.24) is 29.9 Å². The highest BCUT2D eigenvalue weighted by atomic mass is 14.7. The third kappa shape index (κ3) is 23.2. The predicted octanol–water partition coefficient (Wildman–Crippen LogP) is 20.7. The van der Waals surface area contributed by atoms with Gasteiger partial charge in [0.05, 0.1) is 5.52 Å². The van der Waals surface area contributed by atoms with E-state index in [-0.39, 0.29) is 32.5 Å². The minimum atomic E-state index is 0.182. The molecule has 0 aliphatic rings. The molecule has 0 saturated carbocycles. The largest absolute Gasteiger partial charge is 0.265 e. The van der Waals surface area contributed by atoms with Crippen LogP contribution in [0.25, 0.3) is 32.4 Å². The van der Waals surface area contributed by atoms with Crippen LogP contribution < -0.4 is 0 Å². The molecule has 0 aliphatic carbocycles. The summed E-state index contributed by atoms with van der Waals surface area (Å²) in [5, 5.41) is 6.18. The smallest absolute Gasteiger partial charge is 0.0702 e. The lowest BCUT2D eigenvalue weighted by Crippen LogP contribution is -2.12. The van der Waals surface area contributed by atoms with Crippen LogP contribution in [0.15, 0.2) is 214 Å². The second-order valence-corrected chi connectivity index (χ2v) is 28.1. The summed E-state index contributed by atoms with van der Waals surface area (Å²) in [5.41, 5.74) is 11.9. The molecule has 0 saturated heterocycles. The van der Waals surface area contributed by atoms with E-state index in [0.29, 0.717) is 5.41 Å². The van der Waals surface area contributed by atoms with Gasteiger partial charge in [0, 0.05) is 89.2 Å². The second-order valence-electron chi connectivity index (χ2n) is 28.1. The number of fused-ring (bicyclic) bond motifs is 3. The van der Waals surface area contributed by atoms with Crippen LogP contribution in [0, 0.1) is 0 Å². The summed E-state index contributed by atoms with van der Waals surface area (Å²) in [4.78, 5) is 24.8. The molecule has 0 atom stereocenters. The minimum absolute atomic E-state index is 0.182. The van der Waals surface area contributed by atoms with Crippen molar-refractivity contribution in [1.29, 1.82) is 0 Å².